The number of hydrogen-bond donors (Lipinski definition) is 0. The predicted molar refractivity (Wildman–Crippen MR) is 43.5 cm³/mol. The van der Waals surface area contributed by atoms with E-state index in [-0.39, 0.29) is 8.46 Å². The second-order valence-corrected chi connectivity index (χ2v) is 3.21. The molecule has 0 aromatic rings. The van der Waals surface area contributed by atoms with Crippen LogP contribution in [-0.2, 0) is 4.57 Å². The summed E-state index contributed by atoms with van der Waals surface area (Å²) in [7, 11) is 0.226. The van der Waals surface area contributed by atoms with Gasteiger partial charge in [0.05, 0.1) is 6.16 Å². The van der Waals surface area contributed by atoms with E-state index < -0.39 is 0 Å². The van der Waals surface area contributed by atoms with Crippen molar-refractivity contribution in [2.24, 2.45) is 5.92 Å². The lowest BCUT2D eigenvalue weighted by Gasteiger charge is -2.08. The molecule has 1 rings (SSSR count). The van der Waals surface area contributed by atoms with Gasteiger partial charge in [0.2, 0.25) is 0 Å². The zero-order valence-corrected chi connectivity index (χ0v) is 6.97. The van der Waals surface area contributed by atoms with Gasteiger partial charge in [0.15, 0.2) is 8.46 Å². The molecule has 1 aliphatic rings. The minimum absolute atomic E-state index is 0.226. The van der Waals surface area contributed by atoms with Crippen LogP contribution in [0.2, 0.25) is 0 Å². The van der Waals surface area contributed by atoms with E-state index in [1.165, 1.54) is 5.57 Å². The Morgan fingerprint density at radius 2 is 2.60 bits per heavy atom. The summed E-state index contributed by atoms with van der Waals surface area (Å²) in [6.07, 6.45) is 8.17. The zero-order valence-electron chi connectivity index (χ0n) is 6.08. The van der Waals surface area contributed by atoms with Crippen molar-refractivity contribution in [2.45, 2.75) is 13.3 Å². The molecule has 0 spiro atoms. The highest BCUT2D eigenvalue weighted by atomic mass is 31.1. The van der Waals surface area contributed by atoms with Gasteiger partial charge >= 0.3 is 0 Å². The normalized spacial score (nSPS) is 24.9. The first-order valence-electron chi connectivity index (χ1n) is 3.49. The Kier molecular flexibility index (Phi) is 2.82. The molecule has 0 N–H and O–H groups in total. The molecule has 0 radical (unpaired) electrons. The van der Waals surface area contributed by atoms with Crippen molar-refractivity contribution in [2.75, 3.05) is 6.16 Å². The topological polar surface area (TPSA) is 17.1 Å². The molecule has 0 bridgehead atoms. The molecule has 1 nitrogen and oxygen atoms in total. The number of allylic oxidation sites excluding steroid dienone is 4. The maximum absolute atomic E-state index is 10.2. The third-order valence-electron chi connectivity index (χ3n) is 1.64. The Morgan fingerprint density at radius 3 is 3.10 bits per heavy atom. The smallest absolute Gasteiger partial charge is 0.160 e. The number of hydrogen-bond acceptors (Lipinski definition) is 1. The van der Waals surface area contributed by atoms with Crippen LogP contribution in [0.15, 0.2) is 23.8 Å². The van der Waals surface area contributed by atoms with Gasteiger partial charge in [-0.1, -0.05) is 25.2 Å². The molecule has 54 valence electrons. The van der Waals surface area contributed by atoms with Gasteiger partial charge in [-0.25, -0.2) is 0 Å². The molecule has 0 heterocycles. The highest BCUT2D eigenvalue weighted by Crippen LogP contribution is 2.17. The molecule has 0 saturated heterocycles. The van der Waals surface area contributed by atoms with E-state index in [1.807, 2.05) is 0 Å². The molecule has 10 heavy (non-hydrogen) atoms. The highest BCUT2D eigenvalue weighted by Gasteiger charge is 2.01. The summed E-state index contributed by atoms with van der Waals surface area (Å²) in [6.45, 7) is 2.18. The first kappa shape index (κ1) is 7.68. The standard InChI is InChI=1S/C8H11OP/c1-7-2-4-8(5-3-7)6-10-9/h2,4-5,7H,3,6H2,1H3. The van der Waals surface area contributed by atoms with E-state index in [0.717, 1.165) is 6.42 Å². The molecule has 1 unspecified atom stereocenters. The van der Waals surface area contributed by atoms with Crippen molar-refractivity contribution in [3.8, 4) is 0 Å². The van der Waals surface area contributed by atoms with Gasteiger partial charge in [-0.3, -0.25) is 4.57 Å². The van der Waals surface area contributed by atoms with Crippen molar-refractivity contribution in [1.82, 2.24) is 0 Å². The molecule has 2 heteroatoms. The second-order valence-electron chi connectivity index (χ2n) is 2.64. The summed E-state index contributed by atoms with van der Waals surface area (Å²) in [5, 5.41) is 0. The minimum Gasteiger partial charge on any atom is -0.275 e. The summed E-state index contributed by atoms with van der Waals surface area (Å²) in [4.78, 5) is 0. The molecular formula is C8H11OP. The SMILES string of the molecule is CC1C=CC(CP=O)=CC1. The third-order valence-corrected chi connectivity index (χ3v) is 2.13. The highest BCUT2D eigenvalue weighted by molar-refractivity contribution is 7.24. The van der Waals surface area contributed by atoms with E-state index in [2.05, 4.69) is 25.2 Å². The second kappa shape index (κ2) is 3.68. The Morgan fingerprint density at radius 1 is 1.80 bits per heavy atom. The fraction of sp³-hybridized carbons (Fsp3) is 0.500. The van der Waals surface area contributed by atoms with Crippen LogP contribution in [0.5, 0.6) is 0 Å². The van der Waals surface area contributed by atoms with E-state index in [1.54, 1.807) is 0 Å². The lowest BCUT2D eigenvalue weighted by molar-refractivity contribution is 0.599. The Balaban J connectivity index is 2.49. The molecular weight excluding hydrogens is 143 g/mol. The molecule has 0 aromatic carbocycles. The van der Waals surface area contributed by atoms with Crippen LogP contribution in [0, 0.1) is 5.92 Å². The first-order valence-corrected chi connectivity index (χ1v) is 4.49. The zero-order chi connectivity index (χ0) is 7.40. The van der Waals surface area contributed by atoms with Crippen LogP contribution in [0.3, 0.4) is 0 Å². The summed E-state index contributed by atoms with van der Waals surface area (Å²) < 4.78 is 10.2. The molecule has 0 saturated carbocycles. The molecule has 1 aliphatic carbocycles. The lowest BCUT2D eigenvalue weighted by Crippen LogP contribution is -1.94. The van der Waals surface area contributed by atoms with Crippen molar-refractivity contribution in [1.29, 1.82) is 0 Å². The maximum atomic E-state index is 10.2. The molecule has 0 aromatic heterocycles. The van der Waals surface area contributed by atoms with Gasteiger partial charge in [0.25, 0.3) is 0 Å². The van der Waals surface area contributed by atoms with Crippen LogP contribution >= 0.6 is 8.46 Å². The van der Waals surface area contributed by atoms with Gasteiger partial charge in [-0.05, 0) is 17.9 Å². The van der Waals surface area contributed by atoms with Crippen molar-refractivity contribution in [3.05, 3.63) is 23.8 Å². The first-order chi connectivity index (χ1) is 4.83. The van der Waals surface area contributed by atoms with Crippen LogP contribution in [0.1, 0.15) is 13.3 Å². The van der Waals surface area contributed by atoms with E-state index in [0.29, 0.717) is 12.1 Å². The van der Waals surface area contributed by atoms with E-state index in [4.69, 9.17) is 0 Å². The monoisotopic (exact) mass is 154 g/mol. The summed E-state index contributed by atoms with van der Waals surface area (Å²) in [5.41, 5.74) is 1.20. The fourth-order valence-corrected chi connectivity index (χ4v) is 1.35. The van der Waals surface area contributed by atoms with E-state index >= 15 is 0 Å². The van der Waals surface area contributed by atoms with Crippen molar-refractivity contribution < 1.29 is 4.57 Å². The number of rotatable bonds is 2. The molecule has 0 amide bonds. The maximum Gasteiger partial charge on any atom is 0.160 e. The predicted octanol–water partition coefficient (Wildman–Crippen LogP) is 2.80. The Bertz CT molecular complexity index is 182. The summed E-state index contributed by atoms with van der Waals surface area (Å²) >= 11 is 0. The van der Waals surface area contributed by atoms with Crippen LogP contribution in [-0.4, -0.2) is 6.16 Å². The molecule has 0 aliphatic heterocycles. The molecule has 0 fully saturated rings. The minimum atomic E-state index is 0.226. The quantitative estimate of drug-likeness (QED) is 0.559. The molecule has 1 atom stereocenters. The van der Waals surface area contributed by atoms with Crippen LogP contribution in [0.25, 0.3) is 0 Å². The van der Waals surface area contributed by atoms with E-state index in [9.17, 15) is 4.57 Å². The van der Waals surface area contributed by atoms with Crippen molar-refractivity contribution in [3.63, 3.8) is 0 Å². The summed E-state index contributed by atoms with van der Waals surface area (Å²) in [6, 6.07) is 0. The fourth-order valence-electron chi connectivity index (χ4n) is 0.964. The Hall–Kier alpha value is -0.420. The third kappa shape index (κ3) is 2.07. The Labute approximate surface area is 63.0 Å². The van der Waals surface area contributed by atoms with Gasteiger partial charge in [-0.15, -0.1) is 0 Å². The largest absolute Gasteiger partial charge is 0.275 e. The lowest BCUT2D eigenvalue weighted by atomic mass is 10.00. The van der Waals surface area contributed by atoms with Crippen LogP contribution in [0.4, 0.5) is 0 Å². The van der Waals surface area contributed by atoms with Gasteiger partial charge in [-0.2, -0.15) is 0 Å². The van der Waals surface area contributed by atoms with Crippen LogP contribution < -0.4 is 0 Å². The average molecular weight is 154 g/mol. The summed E-state index contributed by atoms with van der Waals surface area (Å²) in [5.74, 6) is 0.659. The van der Waals surface area contributed by atoms with Gasteiger partial charge in [0, 0.05) is 0 Å². The van der Waals surface area contributed by atoms with Crippen molar-refractivity contribution >= 4 is 8.46 Å². The van der Waals surface area contributed by atoms with Gasteiger partial charge < -0.3 is 0 Å². The average Bonchev–Trinajstić information content (AvgIpc) is 1.95. The van der Waals surface area contributed by atoms with Gasteiger partial charge in [0.1, 0.15) is 0 Å².